The molecule has 0 fully saturated rings. The monoisotopic (exact) mass is 374 g/mol. The molecule has 1 N–H and O–H groups in total. The smallest absolute Gasteiger partial charge is 0.344 e. The molecule has 0 radical (unpaired) electrons. The number of nitro benzene ring substituents is 1. The van der Waals surface area contributed by atoms with Gasteiger partial charge in [0.05, 0.1) is 17.7 Å². The minimum absolute atomic E-state index is 0.101. The van der Waals surface area contributed by atoms with Crippen LogP contribution in [0, 0.1) is 17.0 Å². The van der Waals surface area contributed by atoms with Crippen molar-refractivity contribution in [2.75, 3.05) is 25.6 Å². The Hall–Kier alpha value is -3.62. The van der Waals surface area contributed by atoms with Crippen molar-refractivity contribution in [1.82, 2.24) is 0 Å². The van der Waals surface area contributed by atoms with Gasteiger partial charge in [-0.2, -0.15) is 0 Å². The van der Waals surface area contributed by atoms with Gasteiger partial charge in [0.25, 0.3) is 11.6 Å². The number of non-ortho nitro benzene ring substituents is 1. The van der Waals surface area contributed by atoms with E-state index < -0.39 is 23.4 Å². The van der Waals surface area contributed by atoms with Crippen LogP contribution in [-0.2, 0) is 14.3 Å². The molecule has 0 saturated carbocycles. The first-order chi connectivity index (χ1) is 12.9. The van der Waals surface area contributed by atoms with Crippen LogP contribution in [0.1, 0.15) is 5.56 Å². The highest BCUT2D eigenvalue weighted by molar-refractivity contribution is 5.94. The molecule has 2 aromatic carbocycles. The van der Waals surface area contributed by atoms with Gasteiger partial charge in [-0.3, -0.25) is 14.9 Å². The Balaban J connectivity index is 1.87. The van der Waals surface area contributed by atoms with E-state index in [0.717, 1.165) is 11.6 Å². The van der Waals surface area contributed by atoms with Crippen molar-refractivity contribution in [3.63, 3.8) is 0 Å². The van der Waals surface area contributed by atoms with Crippen molar-refractivity contribution >= 4 is 23.3 Å². The molecule has 1 amide bonds. The summed E-state index contributed by atoms with van der Waals surface area (Å²) in [6.07, 6.45) is 0. The summed E-state index contributed by atoms with van der Waals surface area (Å²) in [6.45, 7) is 0.917. The van der Waals surface area contributed by atoms with E-state index in [2.05, 4.69) is 5.32 Å². The van der Waals surface area contributed by atoms with Crippen LogP contribution in [0.5, 0.6) is 11.5 Å². The fraction of sp³-hybridized carbons (Fsp3) is 0.222. The summed E-state index contributed by atoms with van der Waals surface area (Å²) in [5.41, 5.74) is 0.749. The molecular weight excluding hydrogens is 356 g/mol. The van der Waals surface area contributed by atoms with Crippen LogP contribution < -0.4 is 14.8 Å². The molecule has 0 spiro atoms. The van der Waals surface area contributed by atoms with Crippen LogP contribution in [0.2, 0.25) is 0 Å². The van der Waals surface area contributed by atoms with Crippen molar-refractivity contribution in [2.45, 2.75) is 6.92 Å². The Morgan fingerprint density at radius 2 is 1.85 bits per heavy atom. The number of nitrogens with one attached hydrogen (secondary N) is 1. The highest BCUT2D eigenvalue weighted by Crippen LogP contribution is 2.28. The van der Waals surface area contributed by atoms with E-state index in [0.29, 0.717) is 5.75 Å². The molecule has 0 bridgehead atoms. The fourth-order valence-electron chi connectivity index (χ4n) is 2.14. The lowest BCUT2D eigenvalue weighted by Crippen LogP contribution is -2.24. The van der Waals surface area contributed by atoms with E-state index in [1.807, 2.05) is 19.1 Å². The van der Waals surface area contributed by atoms with Crippen molar-refractivity contribution < 1.29 is 28.7 Å². The number of rotatable bonds is 8. The van der Waals surface area contributed by atoms with Crippen LogP contribution in [0.25, 0.3) is 0 Å². The number of para-hydroxylation sites is 1. The summed E-state index contributed by atoms with van der Waals surface area (Å²) >= 11 is 0. The van der Waals surface area contributed by atoms with Gasteiger partial charge in [0.2, 0.25) is 0 Å². The second-order valence-corrected chi connectivity index (χ2v) is 5.40. The number of nitrogens with zero attached hydrogens (tertiary/aromatic N) is 1. The van der Waals surface area contributed by atoms with E-state index in [1.165, 1.54) is 19.2 Å². The molecule has 27 heavy (non-hydrogen) atoms. The number of amides is 1. The molecule has 9 nitrogen and oxygen atoms in total. The largest absolute Gasteiger partial charge is 0.495 e. The number of anilines is 1. The third-order valence-electron chi connectivity index (χ3n) is 3.47. The molecule has 0 atom stereocenters. The maximum absolute atomic E-state index is 11.9. The molecule has 0 heterocycles. The van der Waals surface area contributed by atoms with Gasteiger partial charge in [-0.25, -0.2) is 4.79 Å². The number of hydrogen-bond acceptors (Lipinski definition) is 7. The van der Waals surface area contributed by atoms with Crippen molar-refractivity contribution in [1.29, 1.82) is 0 Å². The Morgan fingerprint density at radius 3 is 2.52 bits per heavy atom. The molecule has 142 valence electrons. The summed E-state index contributed by atoms with van der Waals surface area (Å²) in [7, 11) is 1.36. The number of nitro groups is 1. The Morgan fingerprint density at radius 1 is 1.11 bits per heavy atom. The minimum Gasteiger partial charge on any atom is -0.495 e. The van der Waals surface area contributed by atoms with Gasteiger partial charge in [-0.05, 0) is 24.6 Å². The number of aryl methyl sites for hydroxylation is 1. The molecule has 0 aliphatic rings. The number of carbonyl (C=O) groups excluding carboxylic acids is 2. The SMILES string of the molecule is COc1ccc([N+](=O)[O-])cc1NC(=O)COC(=O)COc1ccccc1C. The molecule has 0 unspecified atom stereocenters. The lowest BCUT2D eigenvalue weighted by atomic mass is 10.2. The van der Waals surface area contributed by atoms with Gasteiger partial charge in [0, 0.05) is 12.1 Å². The van der Waals surface area contributed by atoms with E-state index in [4.69, 9.17) is 14.2 Å². The highest BCUT2D eigenvalue weighted by atomic mass is 16.6. The summed E-state index contributed by atoms with van der Waals surface area (Å²) in [5, 5.41) is 13.2. The van der Waals surface area contributed by atoms with E-state index in [-0.39, 0.29) is 23.7 Å². The topological polar surface area (TPSA) is 117 Å². The van der Waals surface area contributed by atoms with Crippen LogP contribution in [-0.4, -0.2) is 37.1 Å². The zero-order chi connectivity index (χ0) is 19.8. The standard InChI is InChI=1S/C18H18N2O7/c1-12-5-3-4-6-15(12)26-11-18(22)27-10-17(21)19-14-9-13(20(23)24)7-8-16(14)25-2/h3-9H,10-11H2,1-2H3,(H,19,21). The van der Waals surface area contributed by atoms with Gasteiger partial charge in [0.15, 0.2) is 13.2 Å². The quantitative estimate of drug-likeness (QED) is 0.428. The lowest BCUT2D eigenvalue weighted by Gasteiger charge is -2.11. The van der Waals surface area contributed by atoms with E-state index >= 15 is 0 Å². The molecule has 9 heteroatoms. The number of carbonyl (C=O) groups is 2. The molecule has 0 aliphatic heterocycles. The third-order valence-corrected chi connectivity index (χ3v) is 3.47. The van der Waals surface area contributed by atoms with Crippen LogP contribution in [0.15, 0.2) is 42.5 Å². The molecule has 2 aromatic rings. The average Bonchev–Trinajstić information content (AvgIpc) is 2.65. The predicted octanol–water partition coefficient (Wildman–Crippen LogP) is 2.47. The summed E-state index contributed by atoms with van der Waals surface area (Å²) in [6, 6.07) is 10.9. The van der Waals surface area contributed by atoms with Crippen LogP contribution in [0.4, 0.5) is 11.4 Å². The highest BCUT2D eigenvalue weighted by Gasteiger charge is 2.15. The zero-order valence-corrected chi connectivity index (χ0v) is 14.8. The van der Waals surface area contributed by atoms with Gasteiger partial charge >= 0.3 is 5.97 Å². The molecule has 2 rings (SSSR count). The first-order valence-corrected chi connectivity index (χ1v) is 7.87. The van der Waals surface area contributed by atoms with Crippen molar-refractivity contribution in [3.8, 4) is 11.5 Å². The molecule has 0 aromatic heterocycles. The van der Waals surface area contributed by atoms with E-state index in [9.17, 15) is 19.7 Å². The summed E-state index contributed by atoms with van der Waals surface area (Å²) in [4.78, 5) is 33.9. The maximum atomic E-state index is 11.9. The predicted molar refractivity (Wildman–Crippen MR) is 95.9 cm³/mol. The lowest BCUT2D eigenvalue weighted by molar-refractivity contribution is -0.384. The number of benzene rings is 2. The second-order valence-electron chi connectivity index (χ2n) is 5.40. The average molecular weight is 374 g/mol. The fourth-order valence-corrected chi connectivity index (χ4v) is 2.14. The second kappa shape index (κ2) is 9.18. The van der Waals surface area contributed by atoms with Gasteiger partial charge in [-0.15, -0.1) is 0 Å². The molecular formula is C18H18N2O7. The Kier molecular flexibility index (Phi) is 6.70. The number of hydrogen-bond donors (Lipinski definition) is 1. The van der Waals surface area contributed by atoms with Gasteiger partial charge in [-0.1, -0.05) is 18.2 Å². The number of methoxy groups -OCH3 is 1. The first-order valence-electron chi connectivity index (χ1n) is 7.87. The first kappa shape index (κ1) is 19.7. The maximum Gasteiger partial charge on any atom is 0.344 e. The summed E-state index contributed by atoms with van der Waals surface area (Å²) < 4.78 is 15.2. The van der Waals surface area contributed by atoms with E-state index in [1.54, 1.807) is 12.1 Å². The number of ether oxygens (including phenoxy) is 3. The zero-order valence-electron chi connectivity index (χ0n) is 14.8. The Labute approximate surface area is 155 Å². The van der Waals surface area contributed by atoms with Gasteiger partial charge < -0.3 is 19.5 Å². The van der Waals surface area contributed by atoms with Crippen molar-refractivity contribution in [2.24, 2.45) is 0 Å². The van der Waals surface area contributed by atoms with Crippen molar-refractivity contribution in [3.05, 3.63) is 58.1 Å². The van der Waals surface area contributed by atoms with Crippen LogP contribution >= 0.6 is 0 Å². The third kappa shape index (κ3) is 5.70. The Bertz CT molecular complexity index is 851. The van der Waals surface area contributed by atoms with Gasteiger partial charge in [0.1, 0.15) is 11.5 Å². The molecule has 0 saturated heterocycles. The summed E-state index contributed by atoms with van der Waals surface area (Å²) in [5.74, 6) is -0.610. The number of esters is 1. The molecule has 0 aliphatic carbocycles. The normalized spacial score (nSPS) is 10.0. The van der Waals surface area contributed by atoms with Crippen LogP contribution in [0.3, 0.4) is 0 Å². The minimum atomic E-state index is -0.723.